The third kappa shape index (κ3) is 6.07. The molecule has 2 aromatic rings. The van der Waals surface area contributed by atoms with Crippen molar-refractivity contribution in [2.75, 3.05) is 33.0 Å². The van der Waals surface area contributed by atoms with Crippen LogP contribution in [-0.4, -0.2) is 53.3 Å². The second-order valence-electron chi connectivity index (χ2n) is 7.68. The van der Waals surface area contributed by atoms with Crippen molar-refractivity contribution in [2.45, 2.75) is 52.5 Å². The van der Waals surface area contributed by atoms with E-state index in [1.165, 1.54) is 0 Å². The minimum absolute atomic E-state index is 0.0933. The number of carbonyl (C=O) groups excluding carboxylic acids is 1. The Balaban J connectivity index is 1.43. The minimum atomic E-state index is -0.136. The highest BCUT2D eigenvalue weighted by molar-refractivity contribution is 7.71. The first kappa shape index (κ1) is 23.3. The van der Waals surface area contributed by atoms with Crippen LogP contribution in [0, 0.1) is 4.77 Å². The summed E-state index contributed by atoms with van der Waals surface area (Å²) in [5.41, 5.74) is 0.510. The summed E-state index contributed by atoms with van der Waals surface area (Å²) >= 11 is 5.38. The van der Waals surface area contributed by atoms with Crippen molar-refractivity contribution in [3.8, 4) is 11.5 Å². The smallest absolute Gasteiger partial charge is 0.262 e. The third-order valence-corrected chi connectivity index (χ3v) is 5.95. The molecule has 1 aliphatic heterocycles. The molecule has 0 bridgehead atoms. The van der Waals surface area contributed by atoms with E-state index in [1.807, 2.05) is 0 Å². The van der Waals surface area contributed by atoms with Gasteiger partial charge in [-0.25, -0.2) is 0 Å². The van der Waals surface area contributed by atoms with Gasteiger partial charge in [0.25, 0.3) is 5.56 Å². The van der Waals surface area contributed by atoms with Crippen LogP contribution in [0.5, 0.6) is 11.5 Å². The van der Waals surface area contributed by atoms with E-state index in [1.54, 1.807) is 16.7 Å². The fraction of sp³-hybridized carbons (Fsp3) is 0.591. The number of rotatable bonds is 12. The molecule has 0 atom stereocenters. The van der Waals surface area contributed by atoms with E-state index in [-0.39, 0.29) is 18.3 Å². The predicted octanol–water partition coefficient (Wildman–Crippen LogP) is 3.20. The number of amides is 1. The highest BCUT2D eigenvalue weighted by Gasteiger charge is 2.17. The highest BCUT2D eigenvalue weighted by atomic mass is 32.1. The van der Waals surface area contributed by atoms with Crippen LogP contribution in [0.1, 0.15) is 46.0 Å². The van der Waals surface area contributed by atoms with E-state index < -0.39 is 0 Å². The molecule has 2 heterocycles. The maximum atomic E-state index is 12.9. The van der Waals surface area contributed by atoms with Gasteiger partial charge in [0, 0.05) is 25.6 Å². The van der Waals surface area contributed by atoms with Gasteiger partial charge in [0.05, 0.1) is 10.9 Å². The summed E-state index contributed by atoms with van der Waals surface area (Å²) in [6.45, 7) is 8.78. The Kier molecular flexibility index (Phi) is 8.48. The third-order valence-electron chi connectivity index (χ3n) is 5.63. The molecule has 1 amide bonds. The molecule has 170 valence electrons. The number of hydrogen-bond donors (Lipinski definition) is 2. The lowest BCUT2D eigenvalue weighted by atomic mass is 10.2. The van der Waals surface area contributed by atoms with Crippen LogP contribution in [-0.2, 0) is 11.3 Å². The molecule has 31 heavy (non-hydrogen) atoms. The van der Waals surface area contributed by atoms with E-state index in [9.17, 15) is 9.59 Å². The van der Waals surface area contributed by atoms with Crippen LogP contribution in [0.2, 0.25) is 0 Å². The molecule has 0 saturated heterocycles. The van der Waals surface area contributed by atoms with Crippen LogP contribution in [0.25, 0.3) is 10.9 Å². The Morgan fingerprint density at radius 3 is 2.65 bits per heavy atom. The summed E-state index contributed by atoms with van der Waals surface area (Å²) in [6.07, 6.45) is 3.90. The number of unbranched alkanes of at least 4 members (excludes halogenated alkanes) is 2. The maximum Gasteiger partial charge on any atom is 0.262 e. The number of nitrogens with one attached hydrogen (secondary N) is 2. The largest absolute Gasteiger partial charge is 0.454 e. The van der Waals surface area contributed by atoms with Crippen molar-refractivity contribution < 1.29 is 14.3 Å². The van der Waals surface area contributed by atoms with Crippen molar-refractivity contribution >= 4 is 29.0 Å². The minimum Gasteiger partial charge on any atom is -0.454 e. The van der Waals surface area contributed by atoms with Gasteiger partial charge in [0.15, 0.2) is 16.3 Å². The van der Waals surface area contributed by atoms with Crippen LogP contribution in [0.3, 0.4) is 0 Å². The molecule has 0 radical (unpaired) electrons. The molecule has 1 aromatic carbocycles. The maximum absolute atomic E-state index is 12.9. The Morgan fingerprint density at radius 1 is 1.16 bits per heavy atom. The fourth-order valence-corrected chi connectivity index (χ4v) is 4.02. The molecule has 1 aromatic heterocycles. The summed E-state index contributed by atoms with van der Waals surface area (Å²) in [5, 5.41) is 3.52. The molecule has 0 fully saturated rings. The summed E-state index contributed by atoms with van der Waals surface area (Å²) in [5.74, 6) is 1.28. The molecular formula is C22H32N4O4S. The van der Waals surface area contributed by atoms with Crippen molar-refractivity contribution in [3.63, 3.8) is 0 Å². The molecule has 0 aliphatic carbocycles. The van der Waals surface area contributed by atoms with E-state index in [0.29, 0.717) is 40.1 Å². The lowest BCUT2D eigenvalue weighted by molar-refractivity contribution is -0.121. The molecule has 1 aliphatic rings. The number of nitrogens with zero attached hydrogens (tertiary/aromatic N) is 2. The average molecular weight is 449 g/mol. The van der Waals surface area contributed by atoms with E-state index >= 15 is 0 Å². The van der Waals surface area contributed by atoms with E-state index in [0.717, 1.165) is 51.9 Å². The van der Waals surface area contributed by atoms with E-state index in [4.69, 9.17) is 21.7 Å². The van der Waals surface area contributed by atoms with Crippen LogP contribution in [0.15, 0.2) is 16.9 Å². The van der Waals surface area contributed by atoms with Crippen molar-refractivity contribution in [1.29, 1.82) is 0 Å². The lowest BCUT2D eigenvalue weighted by Gasteiger charge is -2.17. The first-order chi connectivity index (χ1) is 15.0. The Labute approximate surface area is 187 Å². The number of aromatic nitrogens is 2. The number of aromatic amines is 1. The second-order valence-corrected chi connectivity index (χ2v) is 8.07. The van der Waals surface area contributed by atoms with Crippen LogP contribution in [0.4, 0.5) is 0 Å². The molecule has 2 N–H and O–H groups in total. The standard InChI is InChI=1S/C22H32N4O4S/c1-3-25(4-2)11-8-10-23-20(27)9-6-5-7-12-26-21(28)16-13-18-19(30-15-29-18)14-17(16)24-22(26)31/h13-14H,3-12,15H2,1-2H3,(H,23,27)(H,24,31). The van der Waals surface area contributed by atoms with Crippen molar-refractivity contribution in [2.24, 2.45) is 0 Å². The Hall–Kier alpha value is -2.39. The Bertz CT molecular complexity index is 1010. The zero-order valence-electron chi connectivity index (χ0n) is 18.4. The van der Waals surface area contributed by atoms with Gasteiger partial charge in [0.2, 0.25) is 12.7 Å². The monoisotopic (exact) mass is 448 g/mol. The quantitative estimate of drug-likeness (QED) is 0.383. The Morgan fingerprint density at radius 2 is 1.90 bits per heavy atom. The lowest BCUT2D eigenvalue weighted by Crippen LogP contribution is -2.29. The zero-order chi connectivity index (χ0) is 22.2. The number of ether oxygens (including phenoxy) is 2. The molecule has 8 nitrogen and oxygen atoms in total. The molecule has 0 saturated carbocycles. The first-order valence-electron chi connectivity index (χ1n) is 11.1. The van der Waals surface area contributed by atoms with Gasteiger partial charge in [-0.2, -0.15) is 0 Å². The fourth-order valence-electron chi connectivity index (χ4n) is 3.74. The highest BCUT2D eigenvalue weighted by Crippen LogP contribution is 2.34. The second kappa shape index (κ2) is 11.3. The van der Waals surface area contributed by atoms with Crippen LogP contribution >= 0.6 is 12.2 Å². The van der Waals surface area contributed by atoms with Crippen LogP contribution < -0.4 is 20.3 Å². The summed E-state index contributed by atoms with van der Waals surface area (Å²) in [7, 11) is 0. The van der Waals surface area contributed by atoms with Gasteiger partial charge < -0.3 is 24.7 Å². The van der Waals surface area contributed by atoms with Gasteiger partial charge >= 0.3 is 0 Å². The summed E-state index contributed by atoms with van der Waals surface area (Å²) in [4.78, 5) is 30.3. The van der Waals surface area contributed by atoms with Crippen molar-refractivity contribution in [1.82, 2.24) is 19.8 Å². The molecule has 9 heteroatoms. The number of fused-ring (bicyclic) bond motifs is 2. The molecule has 0 unspecified atom stereocenters. The summed E-state index contributed by atoms with van der Waals surface area (Å²) in [6, 6.07) is 3.45. The average Bonchev–Trinajstić information content (AvgIpc) is 3.22. The van der Waals surface area contributed by atoms with Gasteiger partial charge in [0.1, 0.15) is 0 Å². The number of benzene rings is 1. The SMILES string of the molecule is CCN(CC)CCCNC(=O)CCCCCn1c(=S)[nH]c2cc3c(cc2c1=O)OCO3. The first-order valence-corrected chi connectivity index (χ1v) is 11.5. The van der Waals surface area contributed by atoms with E-state index in [2.05, 4.69) is 29.0 Å². The van der Waals surface area contributed by atoms with Gasteiger partial charge in [-0.1, -0.05) is 20.3 Å². The molecule has 0 spiro atoms. The molecule has 3 rings (SSSR count). The number of hydrogen-bond acceptors (Lipinski definition) is 6. The van der Waals surface area contributed by atoms with Gasteiger partial charge in [-0.05, 0) is 57.2 Å². The summed E-state index contributed by atoms with van der Waals surface area (Å²) < 4.78 is 12.7. The zero-order valence-corrected chi connectivity index (χ0v) is 19.2. The van der Waals surface area contributed by atoms with Gasteiger partial charge in [-0.15, -0.1) is 0 Å². The number of H-pyrrole nitrogens is 1. The van der Waals surface area contributed by atoms with Gasteiger partial charge in [-0.3, -0.25) is 14.2 Å². The van der Waals surface area contributed by atoms with Crippen molar-refractivity contribution in [3.05, 3.63) is 27.3 Å². The predicted molar refractivity (Wildman–Crippen MR) is 123 cm³/mol. The number of carbonyl (C=O) groups is 1. The normalized spacial score (nSPS) is 12.6. The topological polar surface area (TPSA) is 88.6 Å². The molecular weight excluding hydrogens is 416 g/mol.